The largest absolute Gasteiger partial charge is 0.295 e. The molecule has 0 N–H and O–H groups in total. The minimum absolute atomic E-state index is 0.177. The molecule has 0 fully saturated rings. The summed E-state index contributed by atoms with van der Waals surface area (Å²) in [5, 5.41) is 0.918. The zero-order chi connectivity index (χ0) is 21.3. The molecule has 1 unspecified atom stereocenters. The Morgan fingerprint density at radius 2 is 1.83 bits per heavy atom. The van der Waals surface area contributed by atoms with Gasteiger partial charge in [0.25, 0.3) is 5.56 Å². The number of hydrogen-bond donors (Lipinski definition) is 0. The van der Waals surface area contributed by atoms with Crippen LogP contribution in [0.1, 0.15) is 32.1 Å². The van der Waals surface area contributed by atoms with Crippen LogP contribution < -0.4 is 5.56 Å². The van der Waals surface area contributed by atoms with Gasteiger partial charge in [-0.2, -0.15) is 4.31 Å². The first-order valence-electron chi connectivity index (χ1n) is 9.14. The number of aromatic nitrogens is 2. The molecule has 1 aromatic heterocycles. The summed E-state index contributed by atoms with van der Waals surface area (Å²) in [7, 11) is -2.27. The van der Waals surface area contributed by atoms with Crippen molar-refractivity contribution in [3.63, 3.8) is 0 Å². The Hall–Kier alpha value is -1.74. The topological polar surface area (TPSA) is 72.3 Å². The molecule has 1 atom stereocenters. The number of benzene rings is 2. The first-order chi connectivity index (χ1) is 13.7. The Kier molecular flexibility index (Phi) is 6.48. The van der Waals surface area contributed by atoms with Gasteiger partial charge in [-0.05, 0) is 55.8 Å². The van der Waals surface area contributed by atoms with Gasteiger partial charge in [-0.15, -0.1) is 0 Å². The van der Waals surface area contributed by atoms with Crippen LogP contribution in [0.15, 0.2) is 56.6 Å². The molecule has 0 aliphatic rings. The summed E-state index contributed by atoms with van der Waals surface area (Å²) >= 11 is 9.40. The number of rotatable bonds is 6. The van der Waals surface area contributed by atoms with Gasteiger partial charge in [0.2, 0.25) is 10.0 Å². The molecule has 6 nitrogen and oxygen atoms in total. The average molecular weight is 499 g/mol. The molecular weight excluding hydrogens is 478 g/mol. The fourth-order valence-electron chi connectivity index (χ4n) is 3.31. The molecule has 0 saturated carbocycles. The average Bonchev–Trinajstić information content (AvgIpc) is 2.68. The number of sulfonamides is 1. The van der Waals surface area contributed by atoms with E-state index in [0.717, 1.165) is 4.47 Å². The van der Waals surface area contributed by atoms with E-state index in [1.807, 2.05) is 13.8 Å². The predicted octanol–water partition coefficient (Wildman–Crippen LogP) is 4.60. The van der Waals surface area contributed by atoms with Gasteiger partial charge in [-0.25, -0.2) is 13.4 Å². The fraction of sp³-hybridized carbons (Fsp3) is 0.300. The van der Waals surface area contributed by atoms with E-state index < -0.39 is 16.1 Å². The second-order valence-electron chi connectivity index (χ2n) is 6.58. The summed E-state index contributed by atoms with van der Waals surface area (Å²) in [6, 6.07) is 10.8. The second kappa shape index (κ2) is 8.55. The molecule has 2 aromatic carbocycles. The van der Waals surface area contributed by atoms with Crippen LogP contribution in [0.4, 0.5) is 0 Å². The van der Waals surface area contributed by atoms with E-state index in [1.54, 1.807) is 42.5 Å². The Morgan fingerprint density at radius 3 is 2.41 bits per heavy atom. The van der Waals surface area contributed by atoms with Crippen LogP contribution >= 0.6 is 27.5 Å². The number of halogens is 2. The molecule has 29 heavy (non-hydrogen) atoms. The molecule has 3 aromatic rings. The standard InChI is InChI=1S/C20H21BrClN3O3S/c1-4-18(24(3)29(27,28)15-9-6-13(21)7-10-15)19-23-17-12-14(22)8-11-16(17)20(26)25(19)5-2/h6-12,18H,4-5H2,1-3H3. The molecule has 9 heteroatoms. The maximum atomic E-state index is 13.2. The predicted molar refractivity (Wildman–Crippen MR) is 119 cm³/mol. The monoisotopic (exact) mass is 497 g/mol. The lowest BCUT2D eigenvalue weighted by atomic mass is 10.1. The van der Waals surface area contributed by atoms with Gasteiger partial charge in [-0.1, -0.05) is 34.5 Å². The van der Waals surface area contributed by atoms with Gasteiger partial charge in [0.15, 0.2) is 0 Å². The van der Waals surface area contributed by atoms with E-state index >= 15 is 0 Å². The minimum atomic E-state index is -3.78. The van der Waals surface area contributed by atoms with Crippen molar-refractivity contribution in [3.05, 3.63) is 68.1 Å². The Balaban J connectivity index is 2.17. The number of hydrogen-bond acceptors (Lipinski definition) is 4. The maximum Gasteiger partial charge on any atom is 0.261 e. The molecule has 0 aliphatic heterocycles. The van der Waals surface area contributed by atoms with Crippen LogP contribution in [-0.2, 0) is 16.6 Å². The lowest BCUT2D eigenvalue weighted by Gasteiger charge is -2.28. The van der Waals surface area contributed by atoms with Crippen molar-refractivity contribution in [1.82, 2.24) is 13.9 Å². The van der Waals surface area contributed by atoms with Gasteiger partial charge < -0.3 is 0 Å². The van der Waals surface area contributed by atoms with E-state index in [2.05, 4.69) is 20.9 Å². The van der Waals surface area contributed by atoms with Gasteiger partial charge in [-0.3, -0.25) is 9.36 Å². The van der Waals surface area contributed by atoms with Gasteiger partial charge in [0.1, 0.15) is 5.82 Å². The third-order valence-corrected chi connectivity index (χ3v) is 7.52. The second-order valence-corrected chi connectivity index (χ2v) is 9.93. The molecule has 0 spiro atoms. The highest BCUT2D eigenvalue weighted by Crippen LogP contribution is 2.29. The Labute approximate surface area is 183 Å². The molecule has 0 aliphatic carbocycles. The van der Waals surface area contributed by atoms with Crippen LogP contribution in [0.5, 0.6) is 0 Å². The first-order valence-corrected chi connectivity index (χ1v) is 11.7. The Morgan fingerprint density at radius 1 is 1.17 bits per heavy atom. The van der Waals surface area contributed by atoms with Crippen molar-refractivity contribution in [2.45, 2.75) is 37.8 Å². The highest BCUT2D eigenvalue weighted by molar-refractivity contribution is 9.10. The van der Waals surface area contributed by atoms with Crippen molar-refractivity contribution in [2.24, 2.45) is 0 Å². The SMILES string of the molecule is CCC(c1nc2cc(Cl)ccc2c(=O)n1CC)N(C)S(=O)(=O)c1ccc(Br)cc1. The summed E-state index contributed by atoms with van der Waals surface area (Å²) in [6.07, 6.45) is 0.449. The third-order valence-electron chi connectivity index (χ3n) is 4.88. The van der Waals surface area contributed by atoms with E-state index in [-0.39, 0.29) is 10.5 Å². The molecule has 0 saturated heterocycles. The van der Waals surface area contributed by atoms with Crippen LogP contribution in [0.2, 0.25) is 5.02 Å². The molecule has 1 heterocycles. The van der Waals surface area contributed by atoms with Crippen LogP contribution in [-0.4, -0.2) is 29.3 Å². The highest BCUT2D eigenvalue weighted by Gasteiger charge is 2.31. The van der Waals surface area contributed by atoms with Crippen LogP contribution in [0, 0.1) is 0 Å². The summed E-state index contributed by atoms with van der Waals surface area (Å²) in [5.41, 5.74) is 0.243. The van der Waals surface area contributed by atoms with Gasteiger partial charge in [0.05, 0.1) is 21.8 Å². The summed E-state index contributed by atoms with van der Waals surface area (Å²) in [5.74, 6) is 0.401. The first kappa shape index (κ1) is 22.0. The van der Waals surface area contributed by atoms with Crippen molar-refractivity contribution < 1.29 is 8.42 Å². The van der Waals surface area contributed by atoms with E-state index in [1.165, 1.54) is 15.9 Å². The molecular formula is C20H21BrClN3O3S. The molecule has 3 rings (SSSR count). The Bertz CT molecular complexity index is 1210. The third kappa shape index (κ3) is 4.12. The summed E-state index contributed by atoms with van der Waals surface area (Å²) in [4.78, 5) is 17.8. The number of nitrogens with zero attached hydrogens (tertiary/aromatic N) is 3. The summed E-state index contributed by atoms with van der Waals surface area (Å²) < 4.78 is 30.0. The van der Waals surface area contributed by atoms with Crippen LogP contribution in [0.3, 0.4) is 0 Å². The van der Waals surface area contributed by atoms with Gasteiger partial charge in [0, 0.05) is 23.1 Å². The van der Waals surface area contributed by atoms with Crippen molar-refractivity contribution >= 4 is 48.5 Å². The quantitative estimate of drug-likeness (QED) is 0.498. The van der Waals surface area contributed by atoms with E-state index in [9.17, 15) is 13.2 Å². The lowest BCUT2D eigenvalue weighted by molar-refractivity contribution is 0.340. The summed E-state index contributed by atoms with van der Waals surface area (Å²) in [6.45, 7) is 4.08. The molecule has 0 bridgehead atoms. The molecule has 0 amide bonds. The van der Waals surface area contributed by atoms with Crippen LogP contribution in [0.25, 0.3) is 10.9 Å². The minimum Gasteiger partial charge on any atom is -0.295 e. The zero-order valence-electron chi connectivity index (χ0n) is 16.3. The van der Waals surface area contributed by atoms with Crippen molar-refractivity contribution in [1.29, 1.82) is 0 Å². The molecule has 0 radical (unpaired) electrons. The van der Waals surface area contributed by atoms with Crippen molar-refractivity contribution in [3.8, 4) is 0 Å². The molecule has 154 valence electrons. The van der Waals surface area contributed by atoms with E-state index in [0.29, 0.717) is 34.7 Å². The van der Waals surface area contributed by atoms with E-state index in [4.69, 9.17) is 11.6 Å². The zero-order valence-corrected chi connectivity index (χ0v) is 19.4. The van der Waals surface area contributed by atoms with Crippen molar-refractivity contribution in [2.75, 3.05) is 7.05 Å². The van der Waals surface area contributed by atoms with Gasteiger partial charge >= 0.3 is 0 Å². The lowest BCUT2D eigenvalue weighted by Crippen LogP contribution is -2.36. The highest BCUT2D eigenvalue weighted by atomic mass is 79.9. The maximum absolute atomic E-state index is 13.2. The fourth-order valence-corrected chi connectivity index (χ4v) is 5.14. The normalized spacial score (nSPS) is 13.2. The number of fused-ring (bicyclic) bond motifs is 1. The smallest absolute Gasteiger partial charge is 0.261 e.